The third-order valence-electron chi connectivity index (χ3n) is 3.43. The van der Waals surface area contributed by atoms with Crippen LogP contribution in [0.25, 0.3) is 0 Å². The fraction of sp³-hybridized carbons (Fsp3) is 0.222. The number of hydrogen-bond acceptors (Lipinski definition) is 2. The van der Waals surface area contributed by atoms with E-state index in [1.165, 1.54) is 0 Å². The van der Waals surface area contributed by atoms with Crippen molar-refractivity contribution in [3.63, 3.8) is 0 Å². The number of carbonyl (C=O) groups is 2. The molecular weight excluding hydrogens is 276 g/mol. The molecule has 0 aliphatic carbocycles. The molecule has 2 rings (SSSR count). The molecule has 0 aromatic heterocycles. The third kappa shape index (κ3) is 4.19. The van der Waals surface area contributed by atoms with Crippen molar-refractivity contribution in [2.45, 2.75) is 19.4 Å². The summed E-state index contributed by atoms with van der Waals surface area (Å²) in [6, 6.07) is 16.3. The maximum atomic E-state index is 12.3. The van der Waals surface area contributed by atoms with Gasteiger partial charge in [0.05, 0.1) is 0 Å². The standard InChI is InChI=1S/C18H20N2O2/c1-13-7-6-10-15(11-13)17(21)20-16(18(22)19-2)12-14-8-4-3-5-9-14/h3-11,16H,12H2,1-2H3,(H,19,22)(H,20,21). The van der Waals surface area contributed by atoms with Crippen LogP contribution in [0.15, 0.2) is 54.6 Å². The van der Waals surface area contributed by atoms with Crippen LogP contribution in [0.3, 0.4) is 0 Å². The molecule has 0 saturated carbocycles. The highest BCUT2D eigenvalue weighted by Gasteiger charge is 2.20. The van der Waals surface area contributed by atoms with Gasteiger partial charge in [-0.25, -0.2) is 0 Å². The molecule has 2 N–H and O–H groups in total. The van der Waals surface area contributed by atoms with Gasteiger partial charge in [0.2, 0.25) is 5.91 Å². The molecule has 4 nitrogen and oxygen atoms in total. The number of benzene rings is 2. The maximum Gasteiger partial charge on any atom is 0.251 e. The van der Waals surface area contributed by atoms with Crippen LogP contribution in [0.2, 0.25) is 0 Å². The Morgan fingerprint density at radius 2 is 1.77 bits per heavy atom. The van der Waals surface area contributed by atoms with Gasteiger partial charge in [0.1, 0.15) is 6.04 Å². The normalized spacial score (nSPS) is 11.5. The predicted molar refractivity (Wildman–Crippen MR) is 86.6 cm³/mol. The average Bonchev–Trinajstić information content (AvgIpc) is 2.54. The highest BCUT2D eigenvalue weighted by atomic mass is 16.2. The monoisotopic (exact) mass is 296 g/mol. The van der Waals surface area contributed by atoms with Crippen LogP contribution in [0, 0.1) is 6.92 Å². The third-order valence-corrected chi connectivity index (χ3v) is 3.43. The Balaban J connectivity index is 2.13. The molecule has 0 heterocycles. The summed E-state index contributed by atoms with van der Waals surface area (Å²) in [6.45, 7) is 1.93. The van der Waals surface area contributed by atoms with Crippen molar-refractivity contribution in [2.75, 3.05) is 7.05 Å². The van der Waals surface area contributed by atoms with E-state index in [-0.39, 0.29) is 11.8 Å². The van der Waals surface area contributed by atoms with Crippen molar-refractivity contribution in [2.24, 2.45) is 0 Å². The largest absolute Gasteiger partial charge is 0.357 e. The quantitative estimate of drug-likeness (QED) is 0.887. The Morgan fingerprint density at radius 3 is 2.41 bits per heavy atom. The molecule has 0 radical (unpaired) electrons. The van der Waals surface area contributed by atoms with Crippen LogP contribution in [-0.2, 0) is 11.2 Å². The lowest BCUT2D eigenvalue weighted by Crippen LogP contribution is -2.47. The van der Waals surface area contributed by atoms with Crippen molar-refractivity contribution in [1.29, 1.82) is 0 Å². The topological polar surface area (TPSA) is 58.2 Å². The van der Waals surface area contributed by atoms with Crippen molar-refractivity contribution in [1.82, 2.24) is 10.6 Å². The zero-order valence-corrected chi connectivity index (χ0v) is 12.8. The van der Waals surface area contributed by atoms with E-state index in [4.69, 9.17) is 0 Å². The fourth-order valence-electron chi connectivity index (χ4n) is 2.26. The van der Waals surface area contributed by atoms with E-state index >= 15 is 0 Å². The number of aryl methyl sites for hydroxylation is 1. The molecule has 22 heavy (non-hydrogen) atoms. The van der Waals surface area contributed by atoms with Gasteiger partial charge in [-0.05, 0) is 24.6 Å². The molecule has 2 aromatic rings. The van der Waals surface area contributed by atoms with Crippen molar-refractivity contribution >= 4 is 11.8 Å². The number of rotatable bonds is 5. The van der Waals surface area contributed by atoms with E-state index in [0.29, 0.717) is 12.0 Å². The summed E-state index contributed by atoms with van der Waals surface area (Å²) in [5, 5.41) is 5.41. The van der Waals surface area contributed by atoms with Crippen molar-refractivity contribution < 1.29 is 9.59 Å². The van der Waals surface area contributed by atoms with Gasteiger partial charge in [-0.2, -0.15) is 0 Å². The smallest absolute Gasteiger partial charge is 0.251 e. The highest BCUT2D eigenvalue weighted by Crippen LogP contribution is 2.07. The molecule has 2 aromatic carbocycles. The van der Waals surface area contributed by atoms with Crippen LogP contribution >= 0.6 is 0 Å². The first-order valence-corrected chi connectivity index (χ1v) is 7.23. The van der Waals surface area contributed by atoms with Gasteiger partial charge in [-0.15, -0.1) is 0 Å². The van der Waals surface area contributed by atoms with E-state index in [9.17, 15) is 9.59 Å². The van der Waals surface area contributed by atoms with Crippen LogP contribution in [0.1, 0.15) is 21.5 Å². The summed E-state index contributed by atoms with van der Waals surface area (Å²) in [5.74, 6) is -0.446. The summed E-state index contributed by atoms with van der Waals surface area (Å²) in [6.07, 6.45) is 0.456. The molecule has 0 saturated heterocycles. The average molecular weight is 296 g/mol. The van der Waals surface area contributed by atoms with Gasteiger partial charge >= 0.3 is 0 Å². The number of carbonyl (C=O) groups excluding carboxylic acids is 2. The molecule has 0 spiro atoms. The minimum absolute atomic E-state index is 0.204. The number of hydrogen-bond donors (Lipinski definition) is 2. The van der Waals surface area contributed by atoms with Gasteiger partial charge in [-0.1, -0.05) is 48.0 Å². The predicted octanol–water partition coefficient (Wildman–Crippen LogP) is 2.08. The van der Waals surface area contributed by atoms with Gasteiger partial charge in [0.15, 0.2) is 0 Å². The Morgan fingerprint density at radius 1 is 1.05 bits per heavy atom. The Labute approximate surface area is 130 Å². The van der Waals surface area contributed by atoms with E-state index < -0.39 is 6.04 Å². The highest BCUT2D eigenvalue weighted by molar-refractivity contribution is 5.97. The molecule has 0 bridgehead atoms. The summed E-state index contributed by atoms with van der Waals surface area (Å²) < 4.78 is 0. The molecular formula is C18H20N2O2. The molecule has 1 unspecified atom stereocenters. The number of nitrogens with one attached hydrogen (secondary N) is 2. The minimum atomic E-state index is -0.597. The van der Waals surface area contributed by atoms with Gasteiger partial charge in [0.25, 0.3) is 5.91 Å². The molecule has 4 heteroatoms. The summed E-state index contributed by atoms with van der Waals surface area (Å²) >= 11 is 0. The number of amides is 2. The molecule has 114 valence electrons. The first-order valence-electron chi connectivity index (χ1n) is 7.23. The van der Waals surface area contributed by atoms with E-state index in [1.807, 2.05) is 49.4 Å². The maximum absolute atomic E-state index is 12.3. The SMILES string of the molecule is CNC(=O)C(Cc1ccccc1)NC(=O)c1cccc(C)c1. The lowest BCUT2D eigenvalue weighted by Gasteiger charge is -2.17. The number of likely N-dealkylation sites (N-methyl/N-ethyl adjacent to an activating group) is 1. The summed E-state index contributed by atoms with van der Waals surface area (Å²) in [7, 11) is 1.57. The van der Waals surface area contributed by atoms with Crippen LogP contribution in [-0.4, -0.2) is 24.9 Å². The van der Waals surface area contributed by atoms with Gasteiger partial charge in [-0.3, -0.25) is 9.59 Å². The van der Waals surface area contributed by atoms with Crippen LogP contribution < -0.4 is 10.6 Å². The van der Waals surface area contributed by atoms with Crippen LogP contribution in [0.4, 0.5) is 0 Å². The van der Waals surface area contributed by atoms with Gasteiger partial charge in [0, 0.05) is 19.0 Å². The molecule has 0 aliphatic rings. The molecule has 1 atom stereocenters. The first-order chi connectivity index (χ1) is 10.6. The summed E-state index contributed by atoms with van der Waals surface area (Å²) in [5.41, 5.74) is 2.56. The Kier molecular flexibility index (Phi) is 5.31. The molecule has 0 fully saturated rings. The van der Waals surface area contributed by atoms with Crippen molar-refractivity contribution in [3.8, 4) is 0 Å². The zero-order chi connectivity index (χ0) is 15.9. The van der Waals surface area contributed by atoms with E-state index in [2.05, 4.69) is 10.6 Å². The lowest BCUT2D eigenvalue weighted by molar-refractivity contribution is -0.122. The lowest BCUT2D eigenvalue weighted by atomic mass is 10.0. The first kappa shape index (κ1) is 15.8. The minimum Gasteiger partial charge on any atom is -0.357 e. The second-order valence-electron chi connectivity index (χ2n) is 5.20. The Hall–Kier alpha value is -2.62. The van der Waals surface area contributed by atoms with E-state index in [1.54, 1.807) is 19.2 Å². The fourth-order valence-corrected chi connectivity index (χ4v) is 2.26. The molecule has 0 aliphatic heterocycles. The van der Waals surface area contributed by atoms with Gasteiger partial charge < -0.3 is 10.6 Å². The zero-order valence-electron chi connectivity index (χ0n) is 12.8. The van der Waals surface area contributed by atoms with Crippen molar-refractivity contribution in [3.05, 3.63) is 71.3 Å². The second-order valence-corrected chi connectivity index (χ2v) is 5.20. The second kappa shape index (κ2) is 7.41. The van der Waals surface area contributed by atoms with E-state index in [0.717, 1.165) is 11.1 Å². The summed E-state index contributed by atoms with van der Waals surface area (Å²) in [4.78, 5) is 24.4. The Bertz CT molecular complexity index is 653. The van der Waals surface area contributed by atoms with Crippen LogP contribution in [0.5, 0.6) is 0 Å². The molecule has 2 amide bonds.